The zero-order valence-corrected chi connectivity index (χ0v) is 12.4. The fourth-order valence-electron chi connectivity index (χ4n) is 2.17. The number of hydrogen-bond donors (Lipinski definition) is 1. The topological polar surface area (TPSA) is 23.5 Å². The van der Waals surface area contributed by atoms with E-state index in [0.717, 1.165) is 12.1 Å². The fraction of sp³-hybridized carbons (Fsp3) is 0.625. The zero-order chi connectivity index (χ0) is 13.7. The van der Waals surface area contributed by atoms with Crippen molar-refractivity contribution in [3.8, 4) is 0 Å². The predicted octanol–water partition coefficient (Wildman–Crippen LogP) is 3.39. The van der Waals surface area contributed by atoms with Gasteiger partial charge in [-0.05, 0) is 32.3 Å². The Balaban J connectivity index is 2.69. The molecule has 1 rings (SSSR count). The summed E-state index contributed by atoms with van der Waals surface area (Å²) in [4.78, 5) is 2.34. The molecule has 0 aliphatic rings. The van der Waals surface area contributed by atoms with Gasteiger partial charge in [0, 0.05) is 19.1 Å². The van der Waals surface area contributed by atoms with Gasteiger partial charge in [-0.15, -0.1) is 0 Å². The first-order valence-electron chi connectivity index (χ1n) is 6.88. The minimum absolute atomic E-state index is 0.397. The lowest BCUT2D eigenvalue weighted by Gasteiger charge is -2.30. The van der Waals surface area contributed by atoms with Crippen LogP contribution in [0.5, 0.6) is 0 Å². The molecule has 1 aromatic carbocycles. The largest absolute Gasteiger partial charge is 0.387 e. The van der Waals surface area contributed by atoms with E-state index in [0.29, 0.717) is 18.5 Å². The number of aliphatic hydroxyl groups is 1. The lowest BCUT2D eigenvalue weighted by atomic mass is 10.0. The molecule has 0 aliphatic carbocycles. The Morgan fingerprint density at radius 3 is 2.28 bits per heavy atom. The van der Waals surface area contributed by atoms with Crippen LogP contribution < -0.4 is 0 Å². The van der Waals surface area contributed by atoms with Crippen LogP contribution in [0.3, 0.4) is 0 Å². The van der Waals surface area contributed by atoms with Crippen LogP contribution in [0.2, 0.25) is 0 Å². The van der Waals surface area contributed by atoms with Crippen molar-refractivity contribution in [2.45, 2.75) is 46.8 Å². The van der Waals surface area contributed by atoms with Gasteiger partial charge in [0.05, 0.1) is 6.10 Å². The first-order chi connectivity index (χ1) is 8.40. The predicted molar refractivity (Wildman–Crippen MR) is 77.7 cm³/mol. The van der Waals surface area contributed by atoms with E-state index >= 15 is 0 Å². The first kappa shape index (κ1) is 15.2. The lowest BCUT2D eigenvalue weighted by molar-refractivity contribution is 0.0877. The summed E-state index contributed by atoms with van der Waals surface area (Å²) in [5.74, 6) is 0.622. The summed E-state index contributed by atoms with van der Waals surface area (Å²) >= 11 is 0. The van der Waals surface area contributed by atoms with E-state index in [9.17, 15) is 5.11 Å². The Hall–Kier alpha value is -0.860. The Morgan fingerprint density at radius 2 is 1.78 bits per heavy atom. The van der Waals surface area contributed by atoms with Gasteiger partial charge in [-0.3, -0.25) is 4.90 Å². The minimum Gasteiger partial charge on any atom is -0.387 e. The number of aliphatic hydroxyl groups excluding tert-OH is 1. The third kappa shape index (κ3) is 4.79. The maximum absolute atomic E-state index is 10.3. The van der Waals surface area contributed by atoms with Crippen LogP contribution in [0.15, 0.2) is 24.3 Å². The van der Waals surface area contributed by atoms with Crippen LogP contribution in [0.1, 0.15) is 44.9 Å². The maximum atomic E-state index is 10.3. The standard InChI is InChI=1S/C16H27NO/c1-12(2)10-17(13(3)4)11-16(18)15-8-6-7-14(5)9-15/h6-9,12-13,16,18H,10-11H2,1-5H3. The molecule has 1 atom stereocenters. The summed E-state index contributed by atoms with van der Waals surface area (Å²) in [7, 11) is 0. The third-order valence-corrected chi connectivity index (χ3v) is 3.16. The molecule has 102 valence electrons. The fourth-order valence-corrected chi connectivity index (χ4v) is 2.17. The van der Waals surface area contributed by atoms with E-state index in [2.05, 4.69) is 51.7 Å². The van der Waals surface area contributed by atoms with Crippen molar-refractivity contribution in [1.29, 1.82) is 0 Å². The summed E-state index contributed by atoms with van der Waals surface area (Å²) in [6, 6.07) is 8.61. The molecule has 1 unspecified atom stereocenters. The normalized spacial score (nSPS) is 13.6. The highest BCUT2D eigenvalue weighted by molar-refractivity contribution is 5.24. The Bertz CT molecular complexity index is 360. The second kappa shape index (κ2) is 6.91. The Kier molecular flexibility index (Phi) is 5.83. The van der Waals surface area contributed by atoms with Crippen molar-refractivity contribution < 1.29 is 5.11 Å². The molecule has 1 N–H and O–H groups in total. The molecule has 0 fully saturated rings. The molecule has 0 bridgehead atoms. The van der Waals surface area contributed by atoms with Crippen molar-refractivity contribution in [2.24, 2.45) is 5.92 Å². The van der Waals surface area contributed by atoms with Gasteiger partial charge < -0.3 is 5.11 Å². The number of benzene rings is 1. The van der Waals surface area contributed by atoms with Crippen molar-refractivity contribution in [1.82, 2.24) is 4.90 Å². The Morgan fingerprint density at radius 1 is 1.11 bits per heavy atom. The zero-order valence-electron chi connectivity index (χ0n) is 12.4. The molecule has 0 aliphatic heterocycles. The molecule has 1 aromatic rings. The van der Waals surface area contributed by atoms with Crippen LogP contribution in [0, 0.1) is 12.8 Å². The van der Waals surface area contributed by atoms with E-state index in [1.54, 1.807) is 0 Å². The Labute approximate surface area is 112 Å². The van der Waals surface area contributed by atoms with Crippen LogP contribution >= 0.6 is 0 Å². The first-order valence-corrected chi connectivity index (χ1v) is 6.88. The molecule has 18 heavy (non-hydrogen) atoms. The third-order valence-electron chi connectivity index (χ3n) is 3.16. The van der Waals surface area contributed by atoms with Crippen molar-refractivity contribution in [2.75, 3.05) is 13.1 Å². The smallest absolute Gasteiger partial charge is 0.0917 e. The number of rotatable bonds is 6. The highest BCUT2D eigenvalue weighted by Crippen LogP contribution is 2.17. The van der Waals surface area contributed by atoms with Gasteiger partial charge in [0.15, 0.2) is 0 Å². The SMILES string of the molecule is Cc1cccc(C(O)CN(CC(C)C)C(C)C)c1. The summed E-state index contributed by atoms with van der Waals surface area (Å²) in [5, 5.41) is 10.3. The molecular weight excluding hydrogens is 222 g/mol. The van der Waals surface area contributed by atoms with E-state index in [1.165, 1.54) is 5.56 Å². The monoisotopic (exact) mass is 249 g/mol. The van der Waals surface area contributed by atoms with Crippen LogP contribution in [0.25, 0.3) is 0 Å². The second-order valence-electron chi connectivity index (χ2n) is 5.87. The molecule has 0 saturated heterocycles. The van der Waals surface area contributed by atoms with Gasteiger partial charge in [0.25, 0.3) is 0 Å². The van der Waals surface area contributed by atoms with Crippen LogP contribution in [0.4, 0.5) is 0 Å². The number of aryl methyl sites for hydroxylation is 1. The maximum Gasteiger partial charge on any atom is 0.0917 e. The van der Waals surface area contributed by atoms with E-state index in [4.69, 9.17) is 0 Å². The van der Waals surface area contributed by atoms with E-state index in [-0.39, 0.29) is 0 Å². The molecule has 2 heteroatoms. The van der Waals surface area contributed by atoms with E-state index < -0.39 is 6.10 Å². The average molecular weight is 249 g/mol. The van der Waals surface area contributed by atoms with E-state index in [1.807, 2.05) is 12.1 Å². The van der Waals surface area contributed by atoms with Gasteiger partial charge in [-0.2, -0.15) is 0 Å². The van der Waals surface area contributed by atoms with Gasteiger partial charge in [-0.1, -0.05) is 43.7 Å². The minimum atomic E-state index is -0.397. The highest BCUT2D eigenvalue weighted by Gasteiger charge is 2.17. The second-order valence-corrected chi connectivity index (χ2v) is 5.87. The molecule has 0 saturated carbocycles. The highest BCUT2D eigenvalue weighted by atomic mass is 16.3. The molecule has 0 radical (unpaired) electrons. The van der Waals surface area contributed by atoms with Gasteiger partial charge >= 0.3 is 0 Å². The summed E-state index contributed by atoms with van der Waals surface area (Å²) < 4.78 is 0. The molecule has 0 amide bonds. The van der Waals surface area contributed by atoms with Gasteiger partial charge in [-0.25, -0.2) is 0 Å². The van der Waals surface area contributed by atoms with Crippen molar-refractivity contribution >= 4 is 0 Å². The van der Waals surface area contributed by atoms with Crippen molar-refractivity contribution in [3.63, 3.8) is 0 Å². The van der Waals surface area contributed by atoms with Gasteiger partial charge in [0.2, 0.25) is 0 Å². The van der Waals surface area contributed by atoms with Crippen molar-refractivity contribution in [3.05, 3.63) is 35.4 Å². The molecule has 2 nitrogen and oxygen atoms in total. The average Bonchev–Trinajstić information content (AvgIpc) is 2.27. The van der Waals surface area contributed by atoms with Gasteiger partial charge in [0.1, 0.15) is 0 Å². The van der Waals surface area contributed by atoms with Crippen LogP contribution in [-0.2, 0) is 0 Å². The number of hydrogen-bond acceptors (Lipinski definition) is 2. The summed E-state index contributed by atoms with van der Waals surface area (Å²) in [6.07, 6.45) is -0.397. The quantitative estimate of drug-likeness (QED) is 0.835. The number of nitrogens with zero attached hydrogens (tertiary/aromatic N) is 1. The molecule has 0 heterocycles. The summed E-state index contributed by atoms with van der Waals surface area (Å²) in [6.45, 7) is 12.6. The lowest BCUT2D eigenvalue weighted by Crippen LogP contribution is -2.37. The molecule has 0 aromatic heterocycles. The molecule has 0 spiro atoms. The van der Waals surface area contributed by atoms with Crippen LogP contribution in [-0.4, -0.2) is 29.1 Å². The molecular formula is C16H27NO. The summed E-state index contributed by atoms with van der Waals surface area (Å²) in [5.41, 5.74) is 2.22.